The molecule has 0 bridgehead atoms. The quantitative estimate of drug-likeness (QED) is 0.786. The molecule has 1 aromatic heterocycles. The monoisotopic (exact) mass is 225 g/mol. The standard InChI is InChI=1S/C11H16ClN3/c1-11(2)5-3-8(7-11)14-9-4-6-13-10(12)15-9/h4,6,8H,3,5,7H2,1-2H3,(H,13,14,15). The summed E-state index contributed by atoms with van der Waals surface area (Å²) in [6.45, 7) is 4.61. The van der Waals surface area contributed by atoms with Crippen molar-refractivity contribution in [2.45, 2.75) is 39.2 Å². The van der Waals surface area contributed by atoms with Crippen molar-refractivity contribution in [1.82, 2.24) is 9.97 Å². The topological polar surface area (TPSA) is 37.8 Å². The van der Waals surface area contributed by atoms with E-state index in [1.165, 1.54) is 19.3 Å². The third-order valence-electron chi connectivity index (χ3n) is 2.95. The molecule has 3 nitrogen and oxygen atoms in total. The van der Waals surface area contributed by atoms with Crippen LogP contribution in [0, 0.1) is 5.41 Å². The zero-order chi connectivity index (χ0) is 10.9. The van der Waals surface area contributed by atoms with Crippen LogP contribution >= 0.6 is 11.6 Å². The number of anilines is 1. The van der Waals surface area contributed by atoms with Crippen molar-refractivity contribution in [3.8, 4) is 0 Å². The maximum atomic E-state index is 5.72. The summed E-state index contributed by atoms with van der Waals surface area (Å²) in [7, 11) is 0. The summed E-state index contributed by atoms with van der Waals surface area (Å²) in [4.78, 5) is 7.98. The lowest BCUT2D eigenvalue weighted by molar-refractivity contribution is 0.378. The van der Waals surface area contributed by atoms with Crippen LogP contribution in [0.1, 0.15) is 33.1 Å². The van der Waals surface area contributed by atoms with Crippen LogP contribution in [0.2, 0.25) is 5.28 Å². The lowest BCUT2D eigenvalue weighted by Gasteiger charge is -2.18. The molecule has 1 aliphatic carbocycles. The zero-order valence-corrected chi connectivity index (χ0v) is 9.88. The van der Waals surface area contributed by atoms with E-state index in [1.807, 2.05) is 6.07 Å². The Morgan fingerprint density at radius 1 is 1.53 bits per heavy atom. The second-order valence-electron chi connectivity index (χ2n) is 4.96. The van der Waals surface area contributed by atoms with E-state index >= 15 is 0 Å². The molecule has 0 spiro atoms. The Balaban J connectivity index is 1.99. The van der Waals surface area contributed by atoms with Gasteiger partial charge in [-0.3, -0.25) is 0 Å². The summed E-state index contributed by atoms with van der Waals surface area (Å²) < 4.78 is 0. The minimum absolute atomic E-state index is 0.303. The third-order valence-corrected chi connectivity index (χ3v) is 3.13. The Bertz CT molecular complexity index is 351. The minimum Gasteiger partial charge on any atom is -0.367 e. The highest BCUT2D eigenvalue weighted by atomic mass is 35.5. The molecule has 15 heavy (non-hydrogen) atoms. The summed E-state index contributed by atoms with van der Waals surface area (Å²) in [6.07, 6.45) is 5.34. The van der Waals surface area contributed by atoms with Crippen molar-refractivity contribution >= 4 is 17.4 Å². The Labute approximate surface area is 95.3 Å². The number of nitrogens with one attached hydrogen (secondary N) is 1. The lowest BCUT2D eigenvalue weighted by atomic mass is 9.92. The molecule has 0 aromatic carbocycles. The van der Waals surface area contributed by atoms with Gasteiger partial charge in [0, 0.05) is 12.2 Å². The number of halogens is 1. The van der Waals surface area contributed by atoms with Crippen molar-refractivity contribution in [2.24, 2.45) is 5.41 Å². The molecule has 1 aliphatic rings. The largest absolute Gasteiger partial charge is 0.367 e. The van der Waals surface area contributed by atoms with Gasteiger partial charge in [0.15, 0.2) is 0 Å². The molecule has 1 heterocycles. The SMILES string of the molecule is CC1(C)CCC(Nc2ccnc(Cl)n2)C1. The molecule has 0 aliphatic heterocycles. The predicted molar refractivity (Wildman–Crippen MR) is 62.1 cm³/mol. The second-order valence-corrected chi connectivity index (χ2v) is 5.30. The first-order valence-corrected chi connectivity index (χ1v) is 5.68. The Morgan fingerprint density at radius 2 is 2.33 bits per heavy atom. The van der Waals surface area contributed by atoms with Crippen molar-refractivity contribution in [1.29, 1.82) is 0 Å². The molecule has 82 valence electrons. The Morgan fingerprint density at radius 3 is 2.93 bits per heavy atom. The van der Waals surface area contributed by atoms with Crippen molar-refractivity contribution in [3.05, 3.63) is 17.5 Å². The van der Waals surface area contributed by atoms with Crippen LogP contribution in [0.25, 0.3) is 0 Å². The van der Waals surface area contributed by atoms with Gasteiger partial charge in [-0.15, -0.1) is 0 Å². The van der Waals surface area contributed by atoms with E-state index in [0.29, 0.717) is 16.7 Å². The van der Waals surface area contributed by atoms with Gasteiger partial charge in [-0.2, -0.15) is 0 Å². The number of rotatable bonds is 2. The van der Waals surface area contributed by atoms with E-state index in [4.69, 9.17) is 11.6 Å². The van der Waals surface area contributed by atoms with Crippen LogP contribution in [-0.4, -0.2) is 16.0 Å². The molecule has 4 heteroatoms. The van der Waals surface area contributed by atoms with Gasteiger partial charge < -0.3 is 5.32 Å². The van der Waals surface area contributed by atoms with Crippen LogP contribution in [0.15, 0.2) is 12.3 Å². The summed E-state index contributed by atoms with van der Waals surface area (Å²) in [5.41, 5.74) is 0.453. The smallest absolute Gasteiger partial charge is 0.224 e. The summed E-state index contributed by atoms with van der Waals surface area (Å²) in [5.74, 6) is 0.831. The highest BCUT2D eigenvalue weighted by molar-refractivity contribution is 6.28. The average molecular weight is 226 g/mol. The molecule has 0 amide bonds. The fraction of sp³-hybridized carbons (Fsp3) is 0.636. The number of hydrogen-bond donors (Lipinski definition) is 1. The van der Waals surface area contributed by atoms with Crippen LogP contribution in [-0.2, 0) is 0 Å². The molecule has 0 radical (unpaired) electrons. The van der Waals surface area contributed by atoms with Crippen LogP contribution in [0.5, 0.6) is 0 Å². The van der Waals surface area contributed by atoms with Gasteiger partial charge in [0.05, 0.1) is 0 Å². The first-order valence-electron chi connectivity index (χ1n) is 5.30. The van der Waals surface area contributed by atoms with Crippen LogP contribution in [0.4, 0.5) is 5.82 Å². The van der Waals surface area contributed by atoms with Gasteiger partial charge in [0.1, 0.15) is 5.82 Å². The zero-order valence-electron chi connectivity index (χ0n) is 9.13. The molecular formula is C11H16ClN3. The number of hydrogen-bond acceptors (Lipinski definition) is 3. The second kappa shape index (κ2) is 3.97. The maximum Gasteiger partial charge on any atom is 0.224 e. The summed E-state index contributed by atoms with van der Waals surface area (Å²) in [5, 5.41) is 3.70. The van der Waals surface area contributed by atoms with E-state index < -0.39 is 0 Å². The van der Waals surface area contributed by atoms with Gasteiger partial charge >= 0.3 is 0 Å². The van der Waals surface area contributed by atoms with Gasteiger partial charge in [-0.05, 0) is 42.3 Å². The Hall–Kier alpha value is -0.830. The molecule has 1 unspecified atom stereocenters. The van der Waals surface area contributed by atoms with Crippen molar-refractivity contribution in [2.75, 3.05) is 5.32 Å². The van der Waals surface area contributed by atoms with Crippen LogP contribution < -0.4 is 5.32 Å². The summed E-state index contributed by atoms with van der Waals surface area (Å²) >= 11 is 5.72. The highest BCUT2D eigenvalue weighted by Crippen LogP contribution is 2.38. The molecule has 0 saturated heterocycles. The van der Waals surface area contributed by atoms with Crippen molar-refractivity contribution < 1.29 is 0 Å². The van der Waals surface area contributed by atoms with Gasteiger partial charge in [0.25, 0.3) is 0 Å². The molecule has 2 rings (SSSR count). The van der Waals surface area contributed by atoms with E-state index in [1.54, 1.807) is 6.20 Å². The minimum atomic E-state index is 0.303. The van der Waals surface area contributed by atoms with E-state index in [2.05, 4.69) is 29.1 Å². The average Bonchev–Trinajstić information content (AvgIpc) is 2.45. The molecular weight excluding hydrogens is 210 g/mol. The third kappa shape index (κ3) is 2.81. The molecule has 1 aromatic rings. The molecule has 1 fully saturated rings. The predicted octanol–water partition coefficient (Wildman–Crippen LogP) is 3.12. The van der Waals surface area contributed by atoms with E-state index in [-0.39, 0.29) is 0 Å². The fourth-order valence-electron chi connectivity index (χ4n) is 2.18. The highest BCUT2D eigenvalue weighted by Gasteiger charge is 2.30. The van der Waals surface area contributed by atoms with E-state index in [0.717, 1.165) is 5.82 Å². The normalized spacial score (nSPS) is 24.1. The number of nitrogens with zero attached hydrogens (tertiary/aromatic N) is 2. The maximum absolute atomic E-state index is 5.72. The first-order chi connectivity index (χ1) is 7.05. The van der Waals surface area contributed by atoms with Gasteiger partial charge in [-0.25, -0.2) is 9.97 Å². The van der Waals surface area contributed by atoms with Crippen LogP contribution in [0.3, 0.4) is 0 Å². The molecule has 1 saturated carbocycles. The molecule has 1 N–H and O–H groups in total. The van der Waals surface area contributed by atoms with Crippen molar-refractivity contribution in [3.63, 3.8) is 0 Å². The van der Waals surface area contributed by atoms with E-state index in [9.17, 15) is 0 Å². The first kappa shape index (κ1) is 10.7. The fourth-order valence-corrected chi connectivity index (χ4v) is 2.33. The lowest BCUT2D eigenvalue weighted by Crippen LogP contribution is -2.18. The van der Waals surface area contributed by atoms with Gasteiger partial charge in [-0.1, -0.05) is 13.8 Å². The molecule has 1 atom stereocenters. The van der Waals surface area contributed by atoms with Gasteiger partial charge in [0.2, 0.25) is 5.28 Å². The number of aromatic nitrogens is 2. The summed E-state index contributed by atoms with van der Waals surface area (Å²) in [6, 6.07) is 2.38. The Kier molecular flexibility index (Phi) is 2.83.